The molecule has 0 aliphatic carbocycles. The summed E-state index contributed by atoms with van der Waals surface area (Å²) in [6, 6.07) is 0. The maximum Gasteiger partial charge on any atom is 0.341 e. The van der Waals surface area contributed by atoms with Crippen LogP contribution in [0.25, 0.3) is 0 Å². The first kappa shape index (κ1) is 21.2. The highest BCUT2D eigenvalue weighted by Crippen LogP contribution is 2.34. The number of esters is 1. The number of methoxy groups -OCH3 is 1. The van der Waals surface area contributed by atoms with Gasteiger partial charge in [0.1, 0.15) is 5.00 Å². The van der Waals surface area contributed by atoms with E-state index in [0.717, 1.165) is 16.2 Å². The van der Waals surface area contributed by atoms with Gasteiger partial charge in [-0.3, -0.25) is 4.79 Å². The fourth-order valence-corrected chi connectivity index (χ4v) is 3.92. The van der Waals surface area contributed by atoms with Crippen molar-refractivity contribution in [1.29, 1.82) is 0 Å². The van der Waals surface area contributed by atoms with Gasteiger partial charge in [0.05, 0.1) is 23.3 Å². The maximum absolute atomic E-state index is 13.6. The molecular weight excluding hydrogens is 413 g/mol. The van der Waals surface area contributed by atoms with Gasteiger partial charge in [-0.25, -0.2) is 26.7 Å². The average molecular weight is 425 g/mol. The van der Waals surface area contributed by atoms with Crippen molar-refractivity contribution in [3.05, 3.63) is 45.1 Å². The predicted molar refractivity (Wildman–Crippen MR) is 90.7 cm³/mol. The monoisotopic (exact) mass is 425 g/mol. The van der Waals surface area contributed by atoms with Crippen molar-refractivity contribution in [2.75, 3.05) is 18.2 Å². The molecule has 2 rings (SSSR count). The predicted octanol–water partition coefficient (Wildman–Crippen LogP) is 4.58. The number of amides is 1. The van der Waals surface area contributed by atoms with Crippen LogP contribution in [0, 0.1) is 42.9 Å². The zero-order chi connectivity index (χ0) is 20.5. The molecule has 0 bridgehead atoms. The Morgan fingerprint density at radius 3 is 2.04 bits per heavy atom. The number of ether oxygens (including phenoxy) is 1. The number of carbonyl (C=O) groups excluding carboxylic acids is 2. The molecular formula is C16H12F5NO3S2. The molecule has 0 saturated heterocycles. The minimum atomic E-state index is -2.27. The van der Waals surface area contributed by atoms with Gasteiger partial charge in [0, 0.05) is 4.88 Å². The van der Waals surface area contributed by atoms with Crippen molar-refractivity contribution >= 4 is 40.0 Å². The lowest BCUT2D eigenvalue weighted by atomic mass is 10.1. The van der Waals surface area contributed by atoms with Crippen molar-refractivity contribution in [1.82, 2.24) is 0 Å². The minimum Gasteiger partial charge on any atom is -0.465 e. The number of benzene rings is 1. The van der Waals surface area contributed by atoms with Crippen LogP contribution in [0.1, 0.15) is 20.8 Å². The number of nitrogens with one attached hydrogen (secondary N) is 1. The molecule has 0 radical (unpaired) electrons. The van der Waals surface area contributed by atoms with Gasteiger partial charge >= 0.3 is 5.97 Å². The average Bonchev–Trinajstić information content (AvgIpc) is 2.91. The van der Waals surface area contributed by atoms with Gasteiger partial charge in [0.15, 0.2) is 23.3 Å². The lowest BCUT2D eigenvalue weighted by Gasteiger charge is -2.08. The first-order valence-electron chi connectivity index (χ1n) is 7.22. The van der Waals surface area contributed by atoms with Crippen molar-refractivity contribution in [3.63, 3.8) is 0 Å². The SMILES string of the molecule is COC(=O)c1c(NC(=O)CSc2c(F)c(F)c(F)c(F)c2F)sc(C)c1C. The number of rotatable bonds is 5. The summed E-state index contributed by atoms with van der Waals surface area (Å²) >= 11 is 1.24. The van der Waals surface area contributed by atoms with Crippen molar-refractivity contribution in [2.45, 2.75) is 18.7 Å². The van der Waals surface area contributed by atoms with Crippen LogP contribution in [0.3, 0.4) is 0 Å². The van der Waals surface area contributed by atoms with Gasteiger partial charge in [-0.15, -0.1) is 23.1 Å². The Morgan fingerprint density at radius 2 is 1.52 bits per heavy atom. The molecule has 4 nitrogen and oxygen atoms in total. The Hall–Kier alpha value is -2.14. The number of halogens is 5. The highest BCUT2D eigenvalue weighted by Gasteiger charge is 2.27. The number of hydrogen-bond donors (Lipinski definition) is 1. The molecule has 0 saturated carbocycles. The Labute approximate surface area is 158 Å². The summed E-state index contributed by atoms with van der Waals surface area (Å²) in [5, 5.41) is 2.56. The number of thiophene rings is 1. The molecule has 1 aromatic carbocycles. The first-order valence-corrected chi connectivity index (χ1v) is 9.02. The molecule has 1 N–H and O–H groups in total. The third-order valence-corrected chi connectivity index (χ3v) is 5.72. The Morgan fingerprint density at radius 1 is 1.00 bits per heavy atom. The van der Waals surface area contributed by atoms with Crippen molar-refractivity contribution in [3.8, 4) is 0 Å². The third-order valence-electron chi connectivity index (χ3n) is 3.54. The smallest absolute Gasteiger partial charge is 0.341 e. The second-order valence-corrected chi connectivity index (χ2v) is 7.43. The summed E-state index contributed by atoms with van der Waals surface area (Å²) < 4.78 is 71.3. The maximum atomic E-state index is 13.6. The minimum absolute atomic E-state index is 0.134. The highest BCUT2D eigenvalue weighted by molar-refractivity contribution is 8.00. The molecule has 146 valence electrons. The second kappa shape index (κ2) is 8.26. The summed E-state index contributed by atoms with van der Waals surface area (Å²) in [5.41, 5.74) is 0.726. The molecule has 1 amide bonds. The topological polar surface area (TPSA) is 55.4 Å². The van der Waals surface area contributed by atoms with E-state index in [-0.39, 0.29) is 22.3 Å². The van der Waals surface area contributed by atoms with E-state index in [1.807, 2.05) is 0 Å². The normalized spacial score (nSPS) is 10.8. The van der Waals surface area contributed by atoms with Crippen molar-refractivity contribution in [2.24, 2.45) is 0 Å². The van der Waals surface area contributed by atoms with Crippen LogP contribution in [-0.2, 0) is 9.53 Å². The Kier molecular flexibility index (Phi) is 6.47. The summed E-state index contributed by atoms with van der Waals surface area (Å²) in [6.45, 7) is 3.36. The van der Waals surface area contributed by atoms with Gasteiger partial charge < -0.3 is 10.1 Å². The number of aryl methyl sites for hydroxylation is 1. The standard InChI is InChI=1S/C16H12F5NO3S2/c1-5-6(2)27-15(8(5)16(24)25-3)22-7(23)4-26-14-12(20)10(18)9(17)11(19)13(14)21/h4H2,1-3H3,(H,22,23). The van der Waals surface area contributed by atoms with Gasteiger partial charge in [-0.1, -0.05) is 0 Å². The highest BCUT2D eigenvalue weighted by atomic mass is 32.2. The zero-order valence-corrected chi connectivity index (χ0v) is 15.8. The molecule has 0 aliphatic heterocycles. The van der Waals surface area contributed by atoms with Crippen LogP contribution in [0.15, 0.2) is 4.90 Å². The van der Waals surface area contributed by atoms with Crippen LogP contribution in [0.4, 0.5) is 27.0 Å². The van der Waals surface area contributed by atoms with Crippen LogP contribution < -0.4 is 5.32 Å². The lowest BCUT2D eigenvalue weighted by Crippen LogP contribution is -2.16. The molecule has 0 aliphatic rings. The summed E-state index contributed by atoms with van der Waals surface area (Å²) in [7, 11) is 1.17. The lowest BCUT2D eigenvalue weighted by molar-refractivity contribution is -0.113. The van der Waals surface area contributed by atoms with Crippen LogP contribution >= 0.6 is 23.1 Å². The molecule has 0 unspecified atom stereocenters. The number of thioether (sulfide) groups is 1. The third kappa shape index (κ3) is 4.08. The van der Waals surface area contributed by atoms with Gasteiger partial charge in [0.25, 0.3) is 0 Å². The molecule has 0 spiro atoms. The summed E-state index contributed by atoms with van der Waals surface area (Å²) in [6.07, 6.45) is 0. The second-order valence-electron chi connectivity index (χ2n) is 5.21. The Bertz CT molecular complexity index is 901. The molecule has 0 fully saturated rings. The Balaban J connectivity index is 2.20. The zero-order valence-electron chi connectivity index (χ0n) is 14.1. The molecule has 1 heterocycles. The largest absolute Gasteiger partial charge is 0.465 e. The fraction of sp³-hybridized carbons (Fsp3) is 0.250. The summed E-state index contributed by atoms with van der Waals surface area (Å²) in [5.74, 6) is -12.6. The van der Waals surface area contributed by atoms with E-state index in [4.69, 9.17) is 0 Å². The van der Waals surface area contributed by atoms with Gasteiger partial charge in [-0.2, -0.15) is 0 Å². The van der Waals surface area contributed by atoms with E-state index in [1.165, 1.54) is 7.11 Å². The molecule has 2 aromatic rings. The van der Waals surface area contributed by atoms with Crippen LogP contribution in [0.5, 0.6) is 0 Å². The molecule has 11 heteroatoms. The van der Waals surface area contributed by atoms with E-state index in [0.29, 0.717) is 5.56 Å². The number of hydrogen-bond acceptors (Lipinski definition) is 5. The van der Waals surface area contributed by atoms with Gasteiger partial charge in [0.2, 0.25) is 11.7 Å². The molecule has 1 aromatic heterocycles. The number of carbonyl (C=O) groups is 2. The van der Waals surface area contributed by atoms with E-state index < -0.39 is 51.6 Å². The van der Waals surface area contributed by atoms with Gasteiger partial charge in [-0.05, 0) is 19.4 Å². The molecule has 27 heavy (non-hydrogen) atoms. The van der Waals surface area contributed by atoms with E-state index in [1.54, 1.807) is 13.8 Å². The summed E-state index contributed by atoms with van der Waals surface area (Å²) in [4.78, 5) is 23.5. The fourth-order valence-electron chi connectivity index (χ4n) is 2.07. The number of anilines is 1. The quantitative estimate of drug-likeness (QED) is 0.251. The van der Waals surface area contributed by atoms with Crippen molar-refractivity contribution < 1.29 is 36.3 Å². The first-order chi connectivity index (χ1) is 12.6. The van der Waals surface area contributed by atoms with Crippen LogP contribution in [0.2, 0.25) is 0 Å². The molecule has 0 atom stereocenters. The van der Waals surface area contributed by atoms with Crippen LogP contribution in [-0.4, -0.2) is 24.7 Å². The van der Waals surface area contributed by atoms with E-state index in [9.17, 15) is 31.5 Å². The van der Waals surface area contributed by atoms with E-state index in [2.05, 4.69) is 10.1 Å². The van der Waals surface area contributed by atoms with E-state index >= 15 is 0 Å².